The van der Waals surface area contributed by atoms with Gasteiger partial charge in [-0.2, -0.15) is 0 Å². The van der Waals surface area contributed by atoms with Gasteiger partial charge in [0, 0.05) is 24.2 Å². The molecule has 23 heavy (non-hydrogen) atoms. The van der Waals surface area contributed by atoms with Crippen LogP contribution in [0.1, 0.15) is 12.0 Å². The van der Waals surface area contributed by atoms with Crippen molar-refractivity contribution < 1.29 is 23.0 Å². The van der Waals surface area contributed by atoms with Gasteiger partial charge in [0.05, 0.1) is 14.2 Å². The lowest BCUT2D eigenvalue weighted by atomic mass is 10.1. The SMILES string of the molecule is COc1cc(CCC(=O)Nc2cc(F)cc(F)c2)cc(OC)c1. The third-order valence-corrected chi connectivity index (χ3v) is 3.20. The number of benzene rings is 2. The first-order valence-corrected chi connectivity index (χ1v) is 6.98. The van der Waals surface area contributed by atoms with Crippen LogP contribution in [0.4, 0.5) is 14.5 Å². The van der Waals surface area contributed by atoms with E-state index in [-0.39, 0.29) is 18.0 Å². The van der Waals surface area contributed by atoms with Crippen molar-refractivity contribution in [3.05, 3.63) is 53.6 Å². The first-order chi connectivity index (χ1) is 11.0. The summed E-state index contributed by atoms with van der Waals surface area (Å²) in [6.07, 6.45) is 0.603. The zero-order chi connectivity index (χ0) is 16.8. The van der Waals surface area contributed by atoms with Crippen molar-refractivity contribution >= 4 is 11.6 Å². The van der Waals surface area contributed by atoms with E-state index in [0.29, 0.717) is 17.9 Å². The van der Waals surface area contributed by atoms with E-state index in [2.05, 4.69) is 5.32 Å². The smallest absolute Gasteiger partial charge is 0.224 e. The van der Waals surface area contributed by atoms with Crippen LogP contribution in [0.15, 0.2) is 36.4 Å². The molecule has 0 heterocycles. The number of methoxy groups -OCH3 is 2. The van der Waals surface area contributed by atoms with Crippen LogP contribution in [0.3, 0.4) is 0 Å². The van der Waals surface area contributed by atoms with Crippen LogP contribution in [0.2, 0.25) is 0 Å². The van der Waals surface area contributed by atoms with Gasteiger partial charge in [0.1, 0.15) is 23.1 Å². The summed E-state index contributed by atoms with van der Waals surface area (Å²) in [6.45, 7) is 0. The topological polar surface area (TPSA) is 47.6 Å². The Kier molecular flexibility index (Phi) is 5.51. The Morgan fingerprint density at radius 3 is 2.04 bits per heavy atom. The van der Waals surface area contributed by atoms with E-state index in [1.807, 2.05) is 0 Å². The molecule has 0 atom stereocenters. The van der Waals surface area contributed by atoms with Gasteiger partial charge < -0.3 is 14.8 Å². The maximum atomic E-state index is 13.1. The fourth-order valence-electron chi connectivity index (χ4n) is 2.12. The van der Waals surface area contributed by atoms with Crippen molar-refractivity contribution in [3.8, 4) is 11.5 Å². The van der Waals surface area contributed by atoms with Crippen molar-refractivity contribution in [2.24, 2.45) is 0 Å². The zero-order valence-electron chi connectivity index (χ0n) is 12.9. The van der Waals surface area contributed by atoms with Crippen LogP contribution in [0.5, 0.6) is 11.5 Å². The Bertz CT molecular complexity index is 662. The highest BCUT2D eigenvalue weighted by atomic mass is 19.1. The zero-order valence-corrected chi connectivity index (χ0v) is 12.9. The molecule has 2 aromatic carbocycles. The lowest BCUT2D eigenvalue weighted by Crippen LogP contribution is -2.12. The minimum absolute atomic E-state index is 0.0933. The number of halogens is 2. The summed E-state index contributed by atoms with van der Waals surface area (Å²) in [7, 11) is 3.09. The molecular formula is C17H17F2NO3. The average molecular weight is 321 g/mol. The summed E-state index contributed by atoms with van der Waals surface area (Å²) in [5.74, 6) is -0.550. The molecule has 122 valence electrons. The summed E-state index contributed by atoms with van der Waals surface area (Å²) in [5, 5.41) is 2.47. The Balaban J connectivity index is 1.98. The molecule has 0 unspecified atom stereocenters. The van der Waals surface area contributed by atoms with E-state index < -0.39 is 11.6 Å². The minimum atomic E-state index is -0.738. The second-order valence-corrected chi connectivity index (χ2v) is 4.93. The van der Waals surface area contributed by atoms with Crippen molar-refractivity contribution in [1.29, 1.82) is 0 Å². The van der Waals surface area contributed by atoms with Gasteiger partial charge in [-0.05, 0) is 36.2 Å². The van der Waals surface area contributed by atoms with Gasteiger partial charge in [-0.3, -0.25) is 4.79 Å². The van der Waals surface area contributed by atoms with Crippen molar-refractivity contribution in [2.75, 3.05) is 19.5 Å². The summed E-state index contributed by atoms with van der Waals surface area (Å²) in [6, 6.07) is 8.22. The van der Waals surface area contributed by atoms with Gasteiger partial charge in [0.15, 0.2) is 0 Å². The molecular weight excluding hydrogens is 304 g/mol. The number of carbonyl (C=O) groups excluding carboxylic acids is 1. The number of aryl methyl sites for hydroxylation is 1. The van der Waals surface area contributed by atoms with Crippen LogP contribution in [0.25, 0.3) is 0 Å². The number of rotatable bonds is 6. The minimum Gasteiger partial charge on any atom is -0.497 e. The van der Waals surface area contributed by atoms with Crippen LogP contribution in [-0.2, 0) is 11.2 Å². The third-order valence-electron chi connectivity index (χ3n) is 3.20. The van der Waals surface area contributed by atoms with Gasteiger partial charge in [-0.15, -0.1) is 0 Å². The number of amides is 1. The van der Waals surface area contributed by atoms with Crippen molar-refractivity contribution in [1.82, 2.24) is 0 Å². The molecule has 0 aliphatic rings. The van der Waals surface area contributed by atoms with Crippen LogP contribution >= 0.6 is 0 Å². The number of carbonyl (C=O) groups is 1. The summed E-state index contributed by atoms with van der Waals surface area (Å²) >= 11 is 0. The molecule has 2 rings (SSSR count). The van der Waals surface area contributed by atoms with Crippen LogP contribution < -0.4 is 14.8 Å². The van der Waals surface area contributed by atoms with Gasteiger partial charge >= 0.3 is 0 Å². The Morgan fingerprint density at radius 2 is 1.52 bits per heavy atom. The molecule has 0 saturated carbocycles. The summed E-state index contributed by atoms with van der Waals surface area (Å²) in [4.78, 5) is 11.9. The lowest BCUT2D eigenvalue weighted by molar-refractivity contribution is -0.116. The van der Waals surface area contributed by atoms with E-state index in [1.54, 1.807) is 32.4 Å². The molecule has 0 radical (unpaired) electrons. The maximum Gasteiger partial charge on any atom is 0.224 e. The number of ether oxygens (including phenoxy) is 2. The monoisotopic (exact) mass is 321 g/mol. The van der Waals surface area contributed by atoms with Crippen molar-refractivity contribution in [2.45, 2.75) is 12.8 Å². The molecule has 0 aromatic heterocycles. The van der Waals surface area contributed by atoms with E-state index in [4.69, 9.17) is 9.47 Å². The summed E-state index contributed by atoms with van der Waals surface area (Å²) < 4.78 is 36.5. The average Bonchev–Trinajstić information content (AvgIpc) is 2.51. The molecule has 6 heteroatoms. The largest absolute Gasteiger partial charge is 0.497 e. The Hall–Kier alpha value is -2.63. The Labute approximate surface area is 133 Å². The highest BCUT2D eigenvalue weighted by Crippen LogP contribution is 2.23. The van der Waals surface area contributed by atoms with Gasteiger partial charge in [0.25, 0.3) is 0 Å². The van der Waals surface area contributed by atoms with Gasteiger partial charge in [-0.25, -0.2) is 8.78 Å². The highest BCUT2D eigenvalue weighted by Gasteiger charge is 2.08. The quantitative estimate of drug-likeness (QED) is 0.885. The normalized spacial score (nSPS) is 10.3. The molecule has 1 amide bonds. The number of hydrogen-bond donors (Lipinski definition) is 1. The Morgan fingerprint density at radius 1 is 0.957 bits per heavy atom. The van der Waals surface area contributed by atoms with E-state index >= 15 is 0 Å². The first-order valence-electron chi connectivity index (χ1n) is 6.98. The molecule has 0 saturated heterocycles. The summed E-state index contributed by atoms with van der Waals surface area (Å²) in [5.41, 5.74) is 0.956. The molecule has 0 aliphatic carbocycles. The standard InChI is InChI=1S/C17H17F2NO3/c1-22-15-5-11(6-16(10-15)23-2)3-4-17(21)20-14-8-12(18)7-13(19)9-14/h5-10H,3-4H2,1-2H3,(H,20,21). The van der Waals surface area contributed by atoms with E-state index in [0.717, 1.165) is 23.8 Å². The predicted octanol–water partition coefficient (Wildman–Crippen LogP) is 3.55. The van der Waals surface area contributed by atoms with Crippen molar-refractivity contribution in [3.63, 3.8) is 0 Å². The van der Waals surface area contributed by atoms with Gasteiger partial charge in [-0.1, -0.05) is 0 Å². The fraction of sp³-hybridized carbons (Fsp3) is 0.235. The maximum absolute atomic E-state index is 13.1. The van der Waals surface area contributed by atoms with E-state index in [9.17, 15) is 13.6 Å². The number of nitrogens with one attached hydrogen (secondary N) is 1. The molecule has 0 aliphatic heterocycles. The predicted molar refractivity (Wildman–Crippen MR) is 82.9 cm³/mol. The molecule has 4 nitrogen and oxygen atoms in total. The highest BCUT2D eigenvalue weighted by molar-refractivity contribution is 5.90. The third kappa shape index (κ3) is 4.95. The molecule has 1 N–H and O–H groups in total. The number of anilines is 1. The lowest BCUT2D eigenvalue weighted by Gasteiger charge is -2.09. The molecule has 0 spiro atoms. The van der Waals surface area contributed by atoms with Gasteiger partial charge in [0.2, 0.25) is 5.91 Å². The molecule has 0 bridgehead atoms. The second-order valence-electron chi connectivity index (χ2n) is 4.93. The molecule has 0 fully saturated rings. The van der Waals surface area contributed by atoms with Crippen LogP contribution in [0, 0.1) is 11.6 Å². The second kappa shape index (κ2) is 7.58. The fourth-order valence-corrected chi connectivity index (χ4v) is 2.12. The molecule has 2 aromatic rings. The number of hydrogen-bond acceptors (Lipinski definition) is 3. The first kappa shape index (κ1) is 16.7. The van der Waals surface area contributed by atoms with Crippen LogP contribution in [-0.4, -0.2) is 20.1 Å². The van der Waals surface area contributed by atoms with E-state index in [1.165, 1.54) is 0 Å².